The van der Waals surface area contributed by atoms with Gasteiger partial charge in [0.05, 0.1) is 33.0 Å². The van der Waals surface area contributed by atoms with E-state index in [1.165, 1.54) is 12.1 Å². The Morgan fingerprint density at radius 1 is 1.48 bits per heavy atom. The van der Waals surface area contributed by atoms with Crippen molar-refractivity contribution in [3.05, 3.63) is 38.3 Å². The second-order valence-electron chi connectivity index (χ2n) is 4.78. The number of nitrogens with zero attached hydrogens (tertiary/aromatic N) is 1. The summed E-state index contributed by atoms with van der Waals surface area (Å²) < 4.78 is 0. The number of aromatic carboxylic acids is 1. The Morgan fingerprint density at radius 2 is 2.14 bits per heavy atom. The van der Waals surface area contributed by atoms with Crippen molar-refractivity contribution in [2.24, 2.45) is 0 Å². The fourth-order valence-electron chi connectivity index (χ4n) is 2.17. The molecule has 0 aliphatic rings. The summed E-state index contributed by atoms with van der Waals surface area (Å²) in [6.07, 6.45) is 0. The van der Waals surface area contributed by atoms with E-state index in [4.69, 9.17) is 17.3 Å². The lowest BCUT2D eigenvalue weighted by atomic mass is 10.1. The highest BCUT2D eigenvalue weighted by atomic mass is 35.5. The van der Waals surface area contributed by atoms with E-state index in [1.54, 1.807) is 11.3 Å². The number of carboxylic acid groups (broad SMARTS) is 1. The average molecular weight is 326 g/mol. The van der Waals surface area contributed by atoms with E-state index >= 15 is 0 Å². The molecule has 2 rings (SSSR count). The molecule has 0 spiro atoms. The second-order valence-corrected chi connectivity index (χ2v) is 6.42. The third-order valence-electron chi connectivity index (χ3n) is 3.04. The van der Waals surface area contributed by atoms with Gasteiger partial charge in [0.2, 0.25) is 0 Å². The molecule has 1 unspecified atom stereocenters. The molecule has 0 saturated heterocycles. The van der Waals surface area contributed by atoms with Crippen molar-refractivity contribution in [3.8, 4) is 0 Å². The quantitative estimate of drug-likeness (QED) is 0.743. The van der Waals surface area contributed by atoms with E-state index in [1.807, 2.05) is 20.8 Å². The van der Waals surface area contributed by atoms with E-state index in [9.17, 15) is 9.90 Å². The summed E-state index contributed by atoms with van der Waals surface area (Å²) in [6, 6.07) is 2.83. The zero-order chi connectivity index (χ0) is 15.7. The fraction of sp³-hybridized carbons (Fsp3) is 0.286. The van der Waals surface area contributed by atoms with Crippen LogP contribution in [0.5, 0.6) is 0 Å². The van der Waals surface area contributed by atoms with Crippen LogP contribution in [-0.4, -0.2) is 16.1 Å². The summed E-state index contributed by atoms with van der Waals surface area (Å²) in [6.45, 7) is 5.81. The van der Waals surface area contributed by atoms with E-state index in [0.717, 1.165) is 15.6 Å². The maximum absolute atomic E-state index is 11.4. The van der Waals surface area contributed by atoms with Gasteiger partial charge in [0.25, 0.3) is 0 Å². The van der Waals surface area contributed by atoms with Crippen LogP contribution in [-0.2, 0) is 0 Å². The maximum Gasteiger partial charge on any atom is 0.337 e. The number of hydrogen-bond acceptors (Lipinski definition) is 5. The molecule has 0 amide bonds. The average Bonchev–Trinajstić information content (AvgIpc) is 2.71. The number of rotatable bonds is 4. The number of carbonyl (C=O) groups is 1. The molecule has 0 saturated carbocycles. The van der Waals surface area contributed by atoms with Crippen LogP contribution in [0.3, 0.4) is 0 Å². The lowest BCUT2D eigenvalue weighted by Crippen LogP contribution is -2.11. The normalized spacial score (nSPS) is 12.2. The number of hydrogen-bond donors (Lipinski definition) is 3. The number of aryl methyl sites for hydroxylation is 2. The predicted molar refractivity (Wildman–Crippen MR) is 86.4 cm³/mol. The number of nitrogens with one attached hydrogen (secondary N) is 1. The van der Waals surface area contributed by atoms with Crippen molar-refractivity contribution in [1.29, 1.82) is 0 Å². The number of halogens is 1. The molecule has 1 atom stereocenters. The Balaban J connectivity index is 2.39. The van der Waals surface area contributed by atoms with Crippen LogP contribution < -0.4 is 11.1 Å². The number of thiazole rings is 1. The topological polar surface area (TPSA) is 88.2 Å². The van der Waals surface area contributed by atoms with Crippen molar-refractivity contribution < 1.29 is 9.90 Å². The van der Waals surface area contributed by atoms with Gasteiger partial charge < -0.3 is 16.2 Å². The van der Waals surface area contributed by atoms with Gasteiger partial charge in [0.15, 0.2) is 0 Å². The number of nitrogen functional groups attached to an aromatic ring is 1. The molecule has 0 bridgehead atoms. The third-order valence-corrected chi connectivity index (χ3v) is 4.59. The molecule has 0 aliphatic heterocycles. The summed E-state index contributed by atoms with van der Waals surface area (Å²) in [5.74, 6) is -1.07. The smallest absolute Gasteiger partial charge is 0.337 e. The van der Waals surface area contributed by atoms with Gasteiger partial charge in [-0.15, -0.1) is 11.3 Å². The Bertz CT molecular complexity index is 700. The molecule has 1 heterocycles. The van der Waals surface area contributed by atoms with Crippen LogP contribution >= 0.6 is 22.9 Å². The van der Waals surface area contributed by atoms with Gasteiger partial charge in [-0.3, -0.25) is 0 Å². The van der Waals surface area contributed by atoms with Gasteiger partial charge in [-0.05, 0) is 32.9 Å². The summed E-state index contributed by atoms with van der Waals surface area (Å²) in [7, 11) is 0. The monoisotopic (exact) mass is 325 g/mol. The Kier molecular flexibility index (Phi) is 4.39. The standard InChI is InChI=1S/C14H16ClN3O2S/c1-6-13(21-8(3)17-6)7(2)18-12-10(14(19)20)4-9(16)5-11(12)15/h4-5,7,18H,16H2,1-3H3,(H,19,20). The number of benzene rings is 1. The van der Waals surface area contributed by atoms with Gasteiger partial charge in [0, 0.05) is 10.6 Å². The van der Waals surface area contributed by atoms with Crippen LogP contribution in [0, 0.1) is 13.8 Å². The summed E-state index contributed by atoms with van der Waals surface area (Å²) >= 11 is 7.71. The Morgan fingerprint density at radius 3 is 2.67 bits per heavy atom. The first-order valence-corrected chi connectivity index (χ1v) is 7.51. The van der Waals surface area contributed by atoms with Crippen LogP contribution in [0.2, 0.25) is 5.02 Å². The van der Waals surface area contributed by atoms with Gasteiger partial charge in [-0.25, -0.2) is 9.78 Å². The minimum atomic E-state index is -1.07. The molecule has 21 heavy (non-hydrogen) atoms. The minimum Gasteiger partial charge on any atom is -0.478 e. The first-order chi connectivity index (χ1) is 9.79. The molecule has 0 fully saturated rings. The molecular formula is C14H16ClN3O2S. The third kappa shape index (κ3) is 3.28. The van der Waals surface area contributed by atoms with Gasteiger partial charge in [0.1, 0.15) is 0 Å². The van der Waals surface area contributed by atoms with Gasteiger partial charge >= 0.3 is 5.97 Å². The van der Waals surface area contributed by atoms with E-state index in [2.05, 4.69) is 10.3 Å². The molecular weight excluding hydrogens is 310 g/mol. The molecule has 0 radical (unpaired) electrons. The van der Waals surface area contributed by atoms with Gasteiger partial charge in [-0.1, -0.05) is 11.6 Å². The molecule has 112 valence electrons. The maximum atomic E-state index is 11.4. The zero-order valence-corrected chi connectivity index (χ0v) is 13.5. The van der Waals surface area contributed by atoms with E-state index in [-0.39, 0.29) is 16.6 Å². The molecule has 2 aromatic rings. The van der Waals surface area contributed by atoms with Gasteiger partial charge in [-0.2, -0.15) is 0 Å². The Labute approximate surface area is 131 Å². The highest BCUT2D eigenvalue weighted by Crippen LogP contribution is 2.34. The number of anilines is 2. The zero-order valence-electron chi connectivity index (χ0n) is 11.9. The summed E-state index contributed by atoms with van der Waals surface area (Å²) in [4.78, 5) is 16.8. The molecule has 0 aliphatic carbocycles. The largest absolute Gasteiger partial charge is 0.478 e. The highest BCUT2D eigenvalue weighted by Gasteiger charge is 2.19. The molecule has 1 aromatic carbocycles. The number of carboxylic acids is 1. The van der Waals surface area contributed by atoms with Crippen molar-refractivity contribution >= 4 is 40.3 Å². The van der Waals surface area contributed by atoms with E-state index < -0.39 is 5.97 Å². The second kappa shape index (κ2) is 5.91. The van der Waals surface area contributed by atoms with E-state index in [0.29, 0.717) is 11.4 Å². The predicted octanol–water partition coefficient (Wildman–Crippen LogP) is 3.87. The van der Waals surface area contributed by atoms with Crippen LogP contribution in [0.25, 0.3) is 0 Å². The van der Waals surface area contributed by atoms with Crippen molar-refractivity contribution in [2.45, 2.75) is 26.8 Å². The summed E-state index contributed by atoms with van der Waals surface area (Å²) in [5.41, 5.74) is 7.34. The van der Waals surface area contributed by atoms with Crippen LogP contribution in [0.1, 0.15) is 38.9 Å². The Hall–Kier alpha value is -1.79. The first-order valence-electron chi connectivity index (χ1n) is 6.32. The molecule has 5 nitrogen and oxygen atoms in total. The lowest BCUT2D eigenvalue weighted by molar-refractivity contribution is 0.0698. The van der Waals surface area contributed by atoms with Crippen molar-refractivity contribution in [2.75, 3.05) is 11.1 Å². The summed E-state index contributed by atoms with van der Waals surface area (Å²) in [5, 5.41) is 13.7. The molecule has 4 N–H and O–H groups in total. The minimum absolute atomic E-state index is 0.0609. The number of nitrogens with two attached hydrogens (primary N) is 1. The molecule has 1 aromatic heterocycles. The van der Waals surface area contributed by atoms with Crippen LogP contribution in [0.4, 0.5) is 11.4 Å². The lowest BCUT2D eigenvalue weighted by Gasteiger charge is -2.18. The fourth-order valence-corrected chi connectivity index (χ4v) is 3.39. The van der Waals surface area contributed by atoms with Crippen LogP contribution in [0.15, 0.2) is 12.1 Å². The first kappa shape index (κ1) is 15.6. The van der Waals surface area contributed by atoms with Crippen molar-refractivity contribution in [3.63, 3.8) is 0 Å². The molecule has 7 heteroatoms. The SMILES string of the molecule is Cc1nc(C)c(C(C)Nc2c(Cl)cc(N)cc2C(=O)O)s1. The van der Waals surface area contributed by atoms with Crippen molar-refractivity contribution in [1.82, 2.24) is 4.98 Å². The number of aromatic nitrogens is 1. The highest BCUT2D eigenvalue weighted by molar-refractivity contribution is 7.11.